The van der Waals surface area contributed by atoms with E-state index in [-0.39, 0.29) is 0 Å². The van der Waals surface area contributed by atoms with Gasteiger partial charge in [0.05, 0.1) is 12.8 Å². The van der Waals surface area contributed by atoms with Gasteiger partial charge >= 0.3 is 11.8 Å². The van der Waals surface area contributed by atoms with Gasteiger partial charge in [-0.2, -0.15) is 0 Å². The Hall–Kier alpha value is -2.24. The van der Waals surface area contributed by atoms with Crippen molar-refractivity contribution in [3.63, 3.8) is 0 Å². The summed E-state index contributed by atoms with van der Waals surface area (Å²) in [7, 11) is 1.65. The normalized spacial score (nSPS) is 15.3. The third-order valence-corrected chi connectivity index (χ3v) is 3.68. The van der Waals surface area contributed by atoms with Gasteiger partial charge in [-0.25, -0.2) is 0 Å². The number of rotatable bonds is 2. The molecule has 1 saturated heterocycles. The lowest BCUT2D eigenvalue weighted by Gasteiger charge is -2.36. The van der Waals surface area contributed by atoms with Crippen LogP contribution in [0.3, 0.4) is 0 Å². The van der Waals surface area contributed by atoms with E-state index in [1.807, 2.05) is 45.0 Å². The van der Waals surface area contributed by atoms with Gasteiger partial charge in [-0.1, -0.05) is 12.1 Å². The number of benzene rings is 1. The number of nitrogens with one attached hydrogen (secondary N) is 1. The summed E-state index contributed by atoms with van der Waals surface area (Å²) < 4.78 is 5.38. The molecule has 1 N–H and O–H groups in total. The van der Waals surface area contributed by atoms with E-state index in [0.29, 0.717) is 26.2 Å². The van der Waals surface area contributed by atoms with Gasteiger partial charge < -0.3 is 19.9 Å². The molecule has 126 valence electrons. The van der Waals surface area contributed by atoms with Crippen molar-refractivity contribution in [1.82, 2.24) is 10.2 Å². The predicted octanol–water partition coefficient (Wildman–Crippen LogP) is 1.26. The van der Waals surface area contributed by atoms with Gasteiger partial charge in [-0.3, -0.25) is 9.59 Å². The molecule has 1 fully saturated rings. The summed E-state index contributed by atoms with van der Waals surface area (Å²) >= 11 is 0. The summed E-state index contributed by atoms with van der Waals surface area (Å²) in [6.07, 6.45) is 0. The summed E-state index contributed by atoms with van der Waals surface area (Å²) in [6, 6.07) is 7.82. The molecular formula is C17H25N3O3. The molecule has 0 aliphatic carbocycles. The van der Waals surface area contributed by atoms with Crippen LogP contribution in [0.1, 0.15) is 20.8 Å². The Morgan fingerprint density at radius 3 is 2.26 bits per heavy atom. The zero-order valence-corrected chi connectivity index (χ0v) is 14.3. The Morgan fingerprint density at radius 2 is 1.70 bits per heavy atom. The monoisotopic (exact) mass is 319 g/mol. The molecule has 1 aromatic carbocycles. The quantitative estimate of drug-likeness (QED) is 0.834. The van der Waals surface area contributed by atoms with E-state index in [1.165, 1.54) is 0 Å². The van der Waals surface area contributed by atoms with Crippen LogP contribution in [0, 0.1) is 0 Å². The first-order chi connectivity index (χ1) is 10.8. The Balaban J connectivity index is 1.96. The number of piperazine rings is 1. The van der Waals surface area contributed by atoms with Crippen LogP contribution >= 0.6 is 0 Å². The molecular weight excluding hydrogens is 294 g/mol. The number of carbonyl (C=O) groups excluding carboxylic acids is 2. The Labute approximate surface area is 137 Å². The van der Waals surface area contributed by atoms with Crippen LogP contribution in [-0.2, 0) is 9.59 Å². The lowest BCUT2D eigenvalue weighted by molar-refractivity contribution is -0.146. The number of carbonyl (C=O) groups is 2. The van der Waals surface area contributed by atoms with Crippen molar-refractivity contribution >= 4 is 17.5 Å². The first-order valence-corrected chi connectivity index (χ1v) is 7.81. The number of anilines is 1. The van der Waals surface area contributed by atoms with E-state index in [2.05, 4.69) is 10.2 Å². The van der Waals surface area contributed by atoms with E-state index in [1.54, 1.807) is 12.0 Å². The van der Waals surface area contributed by atoms with Gasteiger partial charge in [-0.05, 0) is 32.9 Å². The van der Waals surface area contributed by atoms with Crippen molar-refractivity contribution in [3.05, 3.63) is 24.3 Å². The van der Waals surface area contributed by atoms with E-state index in [9.17, 15) is 9.59 Å². The Bertz CT molecular complexity index is 573. The fraction of sp³-hybridized carbons (Fsp3) is 0.529. The number of methoxy groups -OCH3 is 1. The molecule has 23 heavy (non-hydrogen) atoms. The fourth-order valence-corrected chi connectivity index (χ4v) is 2.58. The maximum absolute atomic E-state index is 12.2. The number of hydrogen-bond acceptors (Lipinski definition) is 4. The molecule has 0 bridgehead atoms. The molecule has 0 unspecified atom stereocenters. The number of nitrogens with zero attached hydrogens (tertiary/aromatic N) is 2. The minimum atomic E-state index is -0.539. The number of para-hydroxylation sites is 2. The zero-order chi connectivity index (χ0) is 17.0. The summed E-state index contributed by atoms with van der Waals surface area (Å²) in [4.78, 5) is 28.0. The lowest BCUT2D eigenvalue weighted by Crippen LogP contribution is -2.55. The maximum atomic E-state index is 12.2. The lowest BCUT2D eigenvalue weighted by atomic mass is 10.1. The van der Waals surface area contributed by atoms with Gasteiger partial charge in [0.1, 0.15) is 5.75 Å². The third-order valence-electron chi connectivity index (χ3n) is 3.68. The average molecular weight is 319 g/mol. The van der Waals surface area contributed by atoms with Crippen LogP contribution in [0.15, 0.2) is 24.3 Å². The standard InChI is InChI=1S/C17H25N3O3/c1-17(2,3)18-15(21)16(22)20-11-9-19(10-12-20)13-7-5-6-8-14(13)23-4/h5-8H,9-12H2,1-4H3,(H,18,21). The second-order valence-electron chi connectivity index (χ2n) is 6.66. The third kappa shape index (κ3) is 4.37. The molecule has 1 heterocycles. The summed E-state index contributed by atoms with van der Waals surface area (Å²) in [6.45, 7) is 7.97. The van der Waals surface area contributed by atoms with Crippen molar-refractivity contribution in [1.29, 1.82) is 0 Å². The second-order valence-corrected chi connectivity index (χ2v) is 6.66. The Morgan fingerprint density at radius 1 is 1.09 bits per heavy atom. The molecule has 1 aliphatic rings. The molecule has 0 saturated carbocycles. The maximum Gasteiger partial charge on any atom is 0.312 e. The number of amides is 2. The molecule has 6 heteroatoms. The minimum absolute atomic E-state index is 0.411. The van der Waals surface area contributed by atoms with Crippen LogP contribution in [0.2, 0.25) is 0 Å². The van der Waals surface area contributed by atoms with Gasteiger partial charge in [0.15, 0.2) is 0 Å². The van der Waals surface area contributed by atoms with Gasteiger partial charge in [0.25, 0.3) is 0 Å². The average Bonchev–Trinajstić information content (AvgIpc) is 2.52. The molecule has 1 aliphatic heterocycles. The Kier molecular flexibility index (Phi) is 5.13. The molecule has 0 atom stereocenters. The van der Waals surface area contributed by atoms with E-state index in [0.717, 1.165) is 11.4 Å². The highest BCUT2D eigenvalue weighted by Crippen LogP contribution is 2.28. The molecule has 0 spiro atoms. The van der Waals surface area contributed by atoms with Crippen LogP contribution < -0.4 is 15.0 Å². The van der Waals surface area contributed by atoms with Crippen LogP contribution in [0.5, 0.6) is 5.75 Å². The summed E-state index contributed by atoms with van der Waals surface area (Å²) in [5.74, 6) is -0.180. The molecule has 2 rings (SSSR count). The highest BCUT2D eigenvalue weighted by atomic mass is 16.5. The van der Waals surface area contributed by atoms with E-state index in [4.69, 9.17) is 4.74 Å². The SMILES string of the molecule is COc1ccccc1N1CCN(C(=O)C(=O)NC(C)(C)C)CC1. The van der Waals surface area contributed by atoms with Crippen LogP contribution in [0.4, 0.5) is 5.69 Å². The van der Waals surface area contributed by atoms with E-state index >= 15 is 0 Å². The summed E-state index contributed by atoms with van der Waals surface area (Å²) in [5.41, 5.74) is 0.604. The van der Waals surface area contributed by atoms with Crippen LogP contribution in [-0.4, -0.2) is 55.5 Å². The van der Waals surface area contributed by atoms with Gasteiger partial charge in [-0.15, -0.1) is 0 Å². The van der Waals surface area contributed by atoms with Gasteiger partial charge in [0, 0.05) is 31.7 Å². The van der Waals surface area contributed by atoms with Crippen LogP contribution in [0.25, 0.3) is 0 Å². The second kappa shape index (κ2) is 6.89. The fourth-order valence-electron chi connectivity index (χ4n) is 2.58. The largest absolute Gasteiger partial charge is 0.495 e. The molecule has 0 radical (unpaired) electrons. The minimum Gasteiger partial charge on any atom is -0.495 e. The molecule has 6 nitrogen and oxygen atoms in total. The van der Waals surface area contributed by atoms with Crippen molar-refractivity contribution in [3.8, 4) is 5.75 Å². The van der Waals surface area contributed by atoms with Gasteiger partial charge in [0.2, 0.25) is 0 Å². The summed E-state index contributed by atoms with van der Waals surface area (Å²) in [5, 5.41) is 2.71. The molecule has 2 amide bonds. The van der Waals surface area contributed by atoms with E-state index < -0.39 is 17.4 Å². The number of ether oxygens (including phenoxy) is 1. The van der Waals surface area contributed by atoms with Crippen molar-refractivity contribution in [2.24, 2.45) is 0 Å². The molecule has 0 aromatic heterocycles. The first kappa shape index (κ1) is 17.1. The highest BCUT2D eigenvalue weighted by Gasteiger charge is 2.28. The topological polar surface area (TPSA) is 61.9 Å². The van der Waals surface area contributed by atoms with Crippen molar-refractivity contribution in [2.45, 2.75) is 26.3 Å². The number of hydrogen-bond donors (Lipinski definition) is 1. The first-order valence-electron chi connectivity index (χ1n) is 7.81. The molecule has 1 aromatic rings. The smallest absolute Gasteiger partial charge is 0.312 e. The van der Waals surface area contributed by atoms with Crippen molar-refractivity contribution < 1.29 is 14.3 Å². The highest BCUT2D eigenvalue weighted by molar-refractivity contribution is 6.35. The van der Waals surface area contributed by atoms with Crippen molar-refractivity contribution in [2.75, 3.05) is 38.2 Å². The predicted molar refractivity (Wildman–Crippen MR) is 89.7 cm³/mol. The zero-order valence-electron chi connectivity index (χ0n) is 14.3.